The first-order valence-corrected chi connectivity index (χ1v) is 5.38. The molecule has 4 nitrogen and oxygen atoms in total. The second-order valence-electron chi connectivity index (χ2n) is 3.03. The number of nitrogens with one attached hydrogen (secondary N) is 1. The van der Waals surface area contributed by atoms with Crippen LogP contribution in [0, 0.1) is 0 Å². The van der Waals surface area contributed by atoms with E-state index in [9.17, 15) is 9.59 Å². The lowest BCUT2D eigenvalue weighted by atomic mass is 10.2. The van der Waals surface area contributed by atoms with Crippen LogP contribution in [-0.4, -0.2) is 16.3 Å². The molecule has 0 amide bonds. The Bertz CT molecular complexity index is 548. The van der Waals surface area contributed by atoms with Crippen molar-refractivity contribution in [2.24, 2.45) is 0 Å². The van der Waals surface area contributed by atoms with Gasteiger partial charge in [-0.1, -0.05) is 23.9 Å². The normalized spacial score (nSPS) is 10.0. The van der Waals surface area contributed by atoms with Crippen molar-refractivity contribution in [2.75, 3.05) is 0 Å². The lowest BCUT2D eigenvalue weighted by molar-refractivity contribution is 0.112. The summed E-state index contributed by atoms with van der Waals surface area (Å²) in [6.07, 6.45) is 2.25. The molecule has 2 rings (SSSR count). The number of hydrogen-bond acceptors (Lipinski definition) is 4. The highest BCUT2D eigenvalue weighted by Crippen LogP contribution is 2.23. The topological polar surface area (TPSA) is 62.8 Å². The van der Waals surface area contributed by atoms with Crippen LogP contribution in [0.2, 0.25) is 0 Å². The number of aromatic nitrogens is 2. The predicted octanol–water partition coefficient (Wildman–Crippen LogP) is 1.73. The molecule has 0 spiro atoms. The zero-order valence-electron chi connectivity index (χ0n) is 8.21. The molecule has 0 aliphatic heterocycles. The highest BCUT2D eigenvalue weighted by atomic mass is 32.2. The summed E-state index contributed by atoms with van der Waals surface area (Å²) in [7, 11) is 0. The molecule has 2 aromatic rings. The van der Waals surface area contributed by atoms with Crippen molar-refractivity contribution in [3.63, 3.8) is 0 Å². The summed E-state index contributed by atoms with van der Waals surface area (Å²) < 4.78 is 0. The Morgan fingerprint density at radius 1 is 1.19 bits per heavy atom. The second-order valence-corrected chi connectivity index (χ2v) is 4.09. The first-order chi connectivity index (χ1) is 7.78. The minimum absolute atomic E-state index is 0.179. The fourth-order valence-electron chi connectivity index (χ4n) is 1.13. The fourth-order valence-corrected chi connectivity index (χ4v) is 1.89. The van der Waals surface area contributed by atoms with E-state index >= 15 is 0 Å². The first-order valence-electron chi connectivity index (χ1n) is 4.56. The number of hydrogen-bond donors (Lipinski definition) is 1. The molecule has 0 fully saturated rings. The molecule has 0 aliphatic carbocycles. The van der Waals surface area contributed by atoms with Gasteiger partial charge in [0.2, 0.25) is 0 Å². The van der Waals surface area contributed by atoms with Gasteiger partial charge in [0, 0.05) is 22.7 Å². The number of carbonyl (C=O) groups excluding carboxylic acids is 1. The molecule has 0 saturated carbocycles. The minimum atomic E-state index is -0.179. The van der Waals surface area contributed by atoms with Crippen LogP contribution in [0.4, 0.5) is 0 Å². The SMILES string of the molecule is O=Cc1ccc(Sc2nccc(=O)[nH]2)cc1. The van der Waals surface area contributed by atoms with Crippen molar-refractivity contribution >= 4 is 18.0 Å². The van der Waals surface area contributed by atoms with Gasteiger partial charge in [0.05, 0.1) is 0 Å². The fraction of sp³-hybridized carbons (Fsp3) is 0. The largest absolute Gasteiger partial charge is 0.301 e. The number of aromatic amines is 1. The Morgan fingerprint density at radius 3 is 2.56 bits per heavy atom. The average molecular weight is 232 g/mol. The van der Waals surface area contributed by atoms with Gasteiger partial charge in [-0.3, -0.25) is 9.59 Å². The lowest BCUT2D eigenvalue weighted by Crippen LogP contribution is -2.04. The van der Waals surface area contributed by atoms with E-state index in [1.54, 1.807) is 24.3 Å². The van der Waals surface area contributed by atoms with Gasteiger partial charge in [-0.15, -0.1) is 0 Å². The summed E-state index contributed by atoms with van der Waals surface area (Å²) in [6, 6.07) is 8.41. The summed E-state index contributed by atoms with van der Waals surface area (Å²) in [4.78, 5) is 29.0. The summed E-state index contributed by atoms with van der Waals surface area (Å²) in [5, 5.41) is 0.534. The minimum Gasteiger partial charge on any atom is -0.301 e. The van der Waals surface area contributed by atoms with Crippen molar-refractivity contribution in [1.82, 2.24) is 9.97 Å². The quantitative estimate of drug-likeness (QED) is 0.646. The molecule has 1 aromatic heterocycles. The van der Waals surface area contributed by atoms with Crippen LogP contribution in [0.1, 0.15) is 10.4 Å². The Hall–Kier alpha value is -1.88. The average Bonchev–Trinajstić information content (AvgIpc) is 2.30. The van der Waals surface area contributed by atoms with E-state index in [4.69, 9.17) is 0 Å². The summed E-state index contributed by atoms with van der Waals surface area (Å²) in [5.74, 6) is 0. The number of nitrogens with zero attached hydrogens (tertiary/aromatic N) is 1. The molecule has 1 aromatic carbocycles. The molecule has 16 heavy (non-hydrogen) atoms. The number of H-pyrrole nitrogens is 1. The molecule has 0 aliphatic rings. The number of carbonyl (C=O) groups is 1. The molecule has 5 heteroatoms. The van der Waals surface area contributed by atoms with Crippen LogP contribution in [0.5, 0.6) is 0 Å². The van der Waals surface area contributed by atoms with Gasteiger partial charge < -0.3 is 4.98 Å². The van der Waals surface area contributed by atoms with Crippen LogP contribution >= 0.6 is 11.8 Å². The van der Waals surface area contributed by atoms with E-state index in [0.717, 1.165) is 11.2 Å². The molecule has 0 saturated heterocycles. The molecule has 0 unspecified atom stereocenters. The van der Waals surface area contributed by atoms with Crippen molar-refractivity contribution in [3.8, 4) is 0 Å². The Labute approximate surface area is 95.7 Å². The molecular weight excluding hydrogens is 224 g/mol. The van der Waals surface area contributed by atoms with Gasteiger partial charge >= 0.3 is 0 Å². The molecule has 80 valence electrons. The van der Waals surface area contributed by atoms with E-state index in [2.05, 4.69) is 9.97 Å². The van der Waals surface area contributed by atoms with E-state index in [0.29, 0.717) is 10.7 Å². The van der Waals surface area contributed by atoms with Gasteiger partial charge in [0.25, 0.3) is 5.56 Å². The van der Waals surface area contributed by atoms with Gasteiger partial charge in [0.1, 0.15) is 6.29 Å². The predicted molar refractivity (Wildman–Crippen MR) is 60.8 cm³/mol. The number of rotatable bonds is 3. The first kappa shape index (κ1) is 10.6. The van der Waals surface area contributed by atoms with Crippen LogP contribution in [0.3, 0.4) is 0 Å². The number of benzene rings is 1. The van der Waals surface area contributed by atoms with E-state index in [1.807, 2.05) is 0 Å². The second kappa shape index (κ2) is 4.76. The molecule has 0 atom stereocenters. The zero-order chi connectivity index (χ0) is 11.4. The van der Waals surface area contributed by atoms with Gasteiger partial charge in [-0.05, 0) is 12.1 Å². The van der Waals surface area contributed by atoms with Crippen LogP contribution < -0.4 is 5.56 Å². The summed E-state index contributed by atoms with van der Waals surface area (Å²) >= 11 is 1.34. The third kappa shape index (κ3) is 2.58. The Morgan fingerprint density at radius 2 is 1.94 bits per heavy atom. The standard InChI is InChI=1S/C11H8N2O2S/c14-7-8-1-3-9(4-2-8)16-11-12-6-5-10(15)13-11/h1-7H,(H,12,13,15). The highest BCUT2D eigenvalue weighted by molar-refractivity contribution is 7.99. The molecule has 1 heterocycles. The highest BCUT2D eigenvalue weighted by Gasteiger charge is 1.99. The van der Waals surface area contributed by atoms with Crippen molar-refractivity contribution in [1.29, 1.82) is 0 Å². The smallest absolute Gasteiger partial charge is 0.251 e. The molecular formula is C11H8N2O2S. The third-order valence-corrected chi connectivity index (χ3v) is 2.79. The lowest BCUT2D eigenvalue weighted by Gasteiger charge is -1.99. The van der Waals surface area contributed by atoms with Crippen LogP contribution in [0.15, 0.2) is 51.4 Å². The van der Waals surface area contributed by atoms with E-state index in [1.165, 1.54) is 24.0 Å². The van der Waals surface area contributed by atoms with Gasteiger partial charge in [-0.2, -0.15) is 0 Å². The molecule has 0 bridgehead atoms. The van der Waals surface area contributed by atoms with Gasteiger partial charge in [0.15, 0.2) is 5.16 Å². The Balaban J connectivity index is 2.20. The van der Waals surface area contributed by atoms with Crippen LogP contribution in [-0.2, 0) is 0 Å². The van der Waals surface area contributed by atoms with E-state index in [-0.39, 0.29) is 5.56 Å². The van der Waals surface area contributed by atoms with Crippen LogP contribution in [0.25, 0.3) is 0 Å². The molecule has 0 radical (unpaired) electrons. The summed E-state index contributed by atoms with van der Waals surface area (Å²) in [5.41, 5.74) is 0.445. The van der Waals surface area contributed by atoms with E-state index < -0.39 is 0 Å². The Kier molecular flexibility index (Phi) is 3.16. The summed E-state index contributed by atoms with van der Waals surface area (Å²) in [6.45, 7) is 0. The monoisotopic (exact) mass is 232 g/mol. The zero-order valence-corrected chi connectivity index (χ0v) is 9.03. The third-order valence-electron chi connectivity index (χ3n) is 1.88. The van der Waals surface area contributed by atoms with Crippen molar-refractivity contribution in [3.05, 3.63) is 52.4 Å². The number of aldehydes is 1. The van der Waals surface area contributed by atoms with Gasteiger partial charge in [-0.25, -0.2) is 4.98 Å². The maximum absolute atomic E-state index is 11.0. The maximum atomic E-state index is 11.0. The molecule has 1 N–H and O–H groups in total. The maximum Gasteiger partial charge on any atom is 0.251 e. The van der Waals surface area contributed by atoms with Crippen molar-refractivity contribution in [2.45, 2.75) is 10.1 Å². The van der Waals surface area contributed by atoms with Crippen molar-refractivity contribution < 1.29 is 4.79 Å².